The predicted octanol–water partition coefficient (Wildman–Crippen LogP) is 2.62. The van der Waals surface area contributed by atoms with E-state index in [1.54, 1.807) is 29.4 Å². The third-order valence-electron chi connectivity index (χ3n) is 3.84. The number of anilines is 1. The minimum absolute atomic E-state index is 0.121. The van der Waals surface area contributed by atoms with Gasteiger partial charge in [0.1, 0.15) is 5.82 Å². The standard InChI is InChI=1S/C17H19FN4O/c18-14-4-1-3-13(9-14)10-20-17(23)22-8-6-16(12-22)21-15-5-2-7-19-11-15/h1-5,7,9,11,16,21H,6,8,10,12H2,(H,20,23). The van der Waals surface area contributed by atoms with Crippen molar-refractivity contribution in [3.8, 4) is 0 Å². The van der Waals surface area contributed by atoms with Crippen LogP contribution in [0.3, 0.4) is 0 Å². The van der Waals surface area contributed by atoms with Gasteiger partial charge in [-0.15, -0.1) is 0 Å². The van der Waals surface area contributed by atoms with Crippen LogP contribution in [0.25, 0.3) is 0 Å². The number of halogens is 1. The molecule has 5 nitrogen and oxygen atoms in total. The molecule has 2 N–H and O–H groups in total. The Labute approximate surface area is 134 Å². The maximum absolute atomic E-state index is 13.1. The first-order valence-electron chi connectivity index (χ1n) is 7.64. The normalized spacial score (nSPS) is 17.1. The Morgan fingerprint density at radius 3 is 3.04 bits per heavy atom. The number of aromatic nitrogens is 1. The van der Waals surface area contributed by atoms with E-state index >= 15 is 0 Å². The Hall–Kier alpha value is -2.63. The molecule has 1 atom stereocenters. The van der Waals surface area contributed by atoms with Gasteiger partial charge in [0.2, 0.25) is 0 Å². The maximum Gasteiger partial charge on any atom is 0.317 e. The lowest BCUT2D eigenvalue weighted by Gasteiger charge is -2.18. The minimum atomic E-state index is -0.293. The molecule has 1 saturated heterocycles. The summed E-state index contributed by atoms with van der Waals surface area (Å²) in [6, 6.07) is 10.2. The molecule has 1 unspecified atom stereocenters. The van der Waals surface area contributed by atoms with E-state index in [1.165, 1.54) is 12.1 Å². The molecule has 6 heteroatoms. The van der Waals surface area contributed by atoms with Crippen LogP contribution in [-0.2, 0) is 6.54 Å². The smallest absolute Gasteiger partial charge is 0.317 e. The minimum Gasteiger partial charge on any atom is -0.379 e. The van der Waals surface area contributed by atoms with E-state index in [2.05, 4.69) is 15.6 Å². The summed E-state index contributed by atoms with van der Waals surface area (Å²) < 4.78 is 13.1. The van der Waals surface area contributed by atoms with Gasteiger partial charge in [-0.2, -0.15) is 0 Å². The van der Waals surface area contributed by atoms with E-state index in [-0.39, 0.29) is 17.9 Å². The van der Waals surface area contributed by atoms with Gasteiger partial charge in [0.05, 0.1) is 5.69 Å². The van der Waals surface area contributed by atoms with Crippen LogP contribution in [-0.4, -0.2) is 35.0 Å². The second-order valence-electron chi connectivity index (χ2n) is 5.61. The summed E-state index contributed by atoms with van der Waals surface area (Å²) in [5, 5.41) is 6.21. The Morgan fingerprint density at radius 1 is 1.35 bits per heavy atom. The van der Waals surface area contributed by atoms with E-state index in [0.717, 1.165) is 17.7 Å². The highest BCUT2D eigenvalue weighted by Crippen LogP contribution is 2.15. The number of carbonyl (C=O) groups excluding carboxylic acids is 1. The zero-order valence-electron chi connectivity index (χ0n) is 12.7. The molecule has 3 rings (SSSR count). The monoisotopic (exact) mass is 314 g/mol. The van der Waals surface area contributed by atoms with Crippen molar-refractivity contribution < 1.29 is 9.18 Å². The quantitative estimate of drug-likeness (QED) is 0.912. The van der Waals surface area contributed by atoms with E-state index in [1.807, 2.05) is 12.1 Å². The fourth-order valence-corrected chi connectivity index (χ4v) is 2.68. The number of hydrogen-bond acceptors (Lipinski definition) is 3. The molecule has 0 aliphatic carbocycles. The van der Waals surface area contributed by atoms with Crippen LogP contribution in [0.4, 0.5) is 14.9 Å². The summed E-state index contributed by atoms with van der Waals surface area (Å²) in [6.07, 6.45) is 4.39. The fraction of sp³-hybridized carbons (Fsp3) is 0.294. The van der Waals surface area contributed by atoms with Crippen molar-refractivity contribution in [1.82, 2.24) is 15.2 Å². The van der Waals surface area contributed by atoms with Gasteiger partial charge in [0.25, 0.3) is 0 Å². The van der Waals surface area contributed by atoms with Crippen LogP contribution in [0.5, 0.6) is 0 Å². The van der Waals surface area contributed by atoms with Crippen molar-refractivity contribution in [2.75, 3.05) is 18.4 Å². The molecule has 2 aromatic rings. The van der Waals surface area contributed by atoms with Gasteiger partial charge in [0, 0.05) is 38.1 Å². The number of carbonyl (C=O) groups is 1. The summed E-state index contributed by atoms with van der Waals surface area (Å²) in [5.74, 6) is -0.293. The number of nitrogens with one attached hydrogen (secondary N) is 2. The largest absolute Gasteiger partial charge is 0.379 e. The van der Waals surface area contributed by atoms with Crippen LogP contribution in [0.15, 0.2) is 48.8 Å². The van der Waals surface area contributed by atoms with Crippen LogP contribution < -0.4 is 10.6 Å². The molecule has 1 aliphatic heterocycles. The number of rotatable bonds is 4. The van der Waals surface area contributed by atoms with Gasteiger partial charge in [0.15, 0.2) is 0 Å². The first kappa shape index (κ1) is 15.3. The summed E-state index contributed by atoms with van der Waals surface area (Å²) in [7, 11) is 0. The molecule has 23 heavy (non-hydrogen) atoms. The second kappa shape index (κ2) is 7.09. The van der Waals surface area contributed by atoms with Gasteiger partial charge in [-0.25, -0.2) is 9.18 Å². The number of likely N-dealkylation sites (tertiary alicyclic amines) is 1. The van der Waals surface area contributed by atoms with Gasteiger partial charge in [-0.1, -0.05) is 12.1 Å². The third kappa shape index (κ3) is 4.18. The van der Waals surface area contributed by atoms with Crippen LogP contribution in [0.2, 0.25) is 0 Å². The summed E-state index contributed by atoms with van der Waals surface area (Å²) >= 11 is 0. The number of nitrogens with zero attached hydrogens (tertiary/aromatic N) is 2. The average molecular weight is 314 g/mol. The Kier molecular flexibility index (Phi) is 4.71. The molecule has 1 aliphatic rings. The lowest BCUT2D eigenvalue weighted by Crippen LogP contribution is -2.39. The van der Waals surface area contributed by atoms with Crippen LogP contribution >= 0.6 is 0 Å². The van der Waals surface area contributed by atoms with Crippen LogP contribution in [0, 0.1) is 5.82 Å². The second-order valence-corrected chi connectivity index (χ2v) is 5.61. The van der Waals surface area contributed by atoms with Crippen LogP contribution in [0.1, 0.15) is 12.0 Å². The molecular weight excluding hydrogens is 295 g/mol. The van der Waals surface area contributed by atoms with Crippen molar-refractivity contribution in [2.24, 2.45) is 0 Å². The fourth-order valence-electron chi connectivity index (χ4n) is 2.68. The lowest BCUT2D eigenvalue weighted by atomic mass is 10.2. The summed E-state index contributed by atoms with van der Waals surface area (Å²) in [6.45, 7) is 1.67. The first-order valence-corrected chi connectivity index (χ1v) is 7.64. The van der Waals surface area contributed by atoms with E-state index in [4.69, 9.17) is 0 Å². The molecule has 2 amide bonds. The third-order valence-corrected chi connectivity index (χ3v) is 3.84. The Morgan fingerprint density at radius 2 is 2.26 bits per heavy atom. The van der Waals surface area contributed by atoms with Crippen molar-refractivity contribution in [1.29, 1.82) is 0 Å². The molecule has 1 fully saturated rings. The van der Waals surface area contributed by atoms with E-state index < -0.39 is 0 Å². The first-order chi connectivity index (χ1) is 11.2. The van der Waals surface area contributed by atoms with Crippen molar-refractivity contribution >= 4 is 11.7 Å². The van der Waals surface area contributed by atoms with Gasteiger partial charge < -0.3 is 15.5 Å². The van der Waals surface area contributed by atoms with Gasteiger partial charge >= 0.3 is 6.03 Å². The van der Waals surface area contributed by atoms with Crippen molar-refractivity contribution in [3.05, 3.63) is 60.2 Å². The number of pyridine rings is 1. The van der Waals surface area contributed by atoms with Crippen molar-refractivity contribution in [3.63, 3.8) is 0 Å². The number of benzene rings is 1. The highest BCUT2D eigenvalue weighted by Gasteiger charge is 2.25. The molecule has 2 heterocycles. The highest BCUT2D eigenvalue weighted by atomic mass is 19.1. The van der Waals surface area contributed by atoms with E-state index in [9.17, 15) is 9.18 Å². The zero-order chi connectivity index (χ0) is 16.1. The molecule has 0 radical (unpaired) electrons. The Balaban J connectivity index is 1.47. The predicted molar refractivity (Wildman–Crippen MR) is 86.5 cm³/mol. The Bertz CT molecular complexity index is 665. The topological polar surface area (TPSA) is 57.3 Å². The summed E-state index contributed by atoms with van der Waals surface area (Å²) in [4.78, 5) is 18.0. The maximum atomic E-state index is 13.1. The molecule has 0 bridgehead atoms. The molecule has 0 spiro atoms. The van der Waals surface area contributed by atoms with Crippen molar-refractivity contribution in [2.45, 2.75) is 19.0 Å². The number of hydrogen-bond donors (Lipinski definition) is 2. The SMILES string of the molecule is O=C(NCc1cccc(F)c1)N1CCC(Nc2cccnc2)C1. The molecule has 1 aromatic carbocycles. The molecule has 120 valence electrons. The zero-order valence-corrected chi connectivity index (χ0v) is 12.7. The molecule has 0 saturated carbocycles. The molecular formula is C17H19FN4O. The lowest BCUT2D eigenvalue weighted by molar-refractivity contribution is 0.208. The van der Waals surface area contributed by atoms with E-state index in [0.29, 0.717) is 19.6 Å². The number of amides is 2. The molecule has 1 aromatic heterocycles. The van der Waals surface area contributed by atoms with Gasteiger partial charge in [-0.3, -0.25) is 4.98 Å². The summed E-state index contributed by atoms with van der Waals surface area (Å²) in [5.41, 5.74) is 1.71. The number of urea groups is 1. The average Bonchev–Trinajstić information content (AvgIpc) is 3.02. The van der Waals surface area contributed by atoms with Gasteiger partial charge in [-0.05, 0) is 36.2 Å². The highest BCUT2D eigenvalue weighted by molar-refractivity contribution is 5.74.